The van der Waals surface area contributed by atoms with Gasteiger partial charge in [-0.1, -0.05) is 18.2 Å². The van der Waals surface area contributed by atoms with Gasteiger partial charge in [0, 0.05) is 6.20 Å². The Balaban J connectivity index is 2.50. The van der Waals surface area contributed by atoms with E-state index in [4.69, 9.17) is 10.5 Å². The highest BCUT2D eigenvalue weighted by Gasteiger charge is 2.14. The molecule has 0 aliphatic heterocycles. The molecular formula is C12H9N3. The van der Waals surface area contributed by atoms with Crippen molar-refractivity contribution in [1.29, 1.82) is 10.5 Å². The monoisotopic (exact) mass is 195 g/mol. The fraction of sp³-hybridized carbons (Fsp3) is 0.167. The molecule has 0 bridgehead atoms. The number of hydrogen-bond donors (Lipinski definition) is 1. The second-order valence-corrected chi connectivity index (χ2v) is 3.33. The van der Waals surface area contributed by atoms with E-state index in [-0.39, 0.29) is 0 Å². The summed E-state index contributed by atoms with van der Waals surface area (Å²) < 4.78 is 0. The molecule has 1 N–H and O–H groups in total. The third kappa shape index (κ3) is 1.56. The first-order chi connectivity index (χ1) is 7.36. The lowest BCUT2D eigenvalue weighted by molar-refractivity contribution is 1.04. The largest absolute Gasteiger partial charge is 0.359 e. The van der Waals surface area contributed by atoms with Crippen LogP contribution in [-0.4, -0.2) is 4.98 Å². The summed E-state index contributed by atoms with van der Waals surface area (Å²) in [5, 5.41) is 17.8. The van der Waals surface area contributed by atoms with Crippen LogP contribution in [0.25, 0.3) is 5.57 Å². The van der Waals surface area contributed by atoms with Crippen LogP contribution in [0.3, 0.4) is 0 Å². The average molecular weight is 195 g/mol. The predicted octanol–water partition coefficient (Wildman–Crippen LogP) is 2.49. The van der Waals surface area contributed by atoms with Crippen LogP contribution >= 0.6 is 0 Å². The van der Waals surface area contributed by atoms with Crippen LogP contribution in [0.4, 0.5) is 0 Å². The second kappa shape index (κ2) is 3.86. The molecule has 0 spiro atoms. The van der Waals surface area contributed by atoms with Crippen molar-refractivity contribution in [3.8, 4) is 12.1 Å². The molecule has 1 aliphatic rings. The molecular weight excluding hydrogens is 186 g/mol. The molecule has 1 aromatic heterocycles. The van der Waals surface area contributed by atoms with Crippen molar-refractivity contribution in [3.63, 3.8) is 0 Å². The molecule has 3 heteroatoms. The number of aromatic nitrogens is 1. The van der Waals surface area contributed by atoms with Gasteiger partial charge in [0.05, 0.1) is 16.8 Å². The molecule has 2 rings (SSSR count). The van der Waals surface area contributed by atoms with Crippen molar-refractivity contribution >= 4 is 5.57 Å². The average Bonchev–Trinajstić information content (AvgIpc) is 2.72. The van der Waals surface area contributed by atoms with Gasteiger partial charge < -0.3 is 4.98 Å². The van der Waals surface area contributed by atoms with Crippen molar-refractivity contribution in [2.45, 2.75) is 12.8 Å². The van der Waals surface area contributed by atoms with E-state index in [1.54, 1.807) is 6.20 Å². The quantitative estimate of drug-likeness (QED) is 0.748. The number of nitrogens with zero attached hydrogens (tertiary/aromatic N) is 2. The maximum atomic E-state index is 8.98. The van der Waals surface area contributed by atoms with Crippen molar-refractivity contribution in [3.05, 3.63) is 41.2 Å². The Bertz CT molecular complexity index is 518. The molecule has 0 atom stereocenters. The number of aromatic amines is 1. The highest BCUT2D eigenvalue weighted by molar-refractivity contribution is 5.72. The molecule has 0 unspecified atom stereocenters. The van der Waals surface area contributed by atoms with E-state index in [0.29, 0.717) is 11.1 Å². The van der Waals surface area contributed by atoms with Crippen LogP contribution in [-0.2, 0) is 0 Å². The van der Waals surface area contributed by atoms with E-state index < -0.39 is 0 Å². The summed E-state index contributed by atoms with van der Waals surface area (Å²) in [6.07, 6.45) is 9.54. The third-order valence-electron chi connectivity index (χ3n) is 2.45. The highest BCUT2D eigenvalue weighted by Crippen LogP contribution is 2.26. The Morgan fingerprint density at radius 2 is 2.13 bits per heavy atom. The zero-order chi connectivity index (χ0) is 10.7. The number of nitrogens with one attached hydrogen (secondary N) is 1. The number of rotatable bonds is 1. The van der Waals surface area contributed by atoms with Gasteiger partial charge in [0.25, 0.3) is 0 Å². The summed E-state index contributed by atoms with van der Waals surface area (Å²) in [6.45, 7) is 0. The molecule has 0 radical (unpaired) electrons. The molecule has 0 aromatic carbocycles. The van der Waals surface area contributed by atoms with Gasteiger partial charge in [-0.2, -0.15) is 10.5 Å². The molecule has 0 amide bonds. The molecule has 0 saturated heterocycles. The van der Waals surface area contributed by atoms with Gasteiger partial charge in [-0.05, 0) is 18.4 Å². The molecule has 3 nitrogen and oxygen atoms in total. The minimum Gasteiger partial charge on any atom is -0.359 e. The van der Waals surface area contributed by atoms with Gasteiger partial charge in [0.1, 0.15) is 12.1 Å². The van der Waals surface area contributed by atoms with Crippen LogP contribution in [0.2, 0.25) is 0 Å². The van der Waals surface area contributed by atoms with Crippen molar-refractivity contribution in [2.75, 3.05) is 0 Å². The lowest BCUT2D eigenvalue weighted by atomic mass is 9.99. The van der Waals surface area contributed by atoms with Crippen LogP contribution < -0.4 is 0 Å². The van der Waals surface area contributed by atoms with Crippen molar-refractivity contribution < 1.29 is 0 Å². The fourth-order valence-electron chi connectivity index (χ4n) is 1.69. The molecule has 72 valence electrons. The van der Waals surface area contributed by atoms with E-state index >= 15 is 0 Å². The molecule has 0 saturated carbocycles. The molecule has 0 fully saturated rings. The molecule has 1 heterocycles. The highest BCUT2D eigenvalue weighted by atomic mass is 14.7. The van der Waals surface area contributed by atoms with Crippen LogP contribution in [0.5, 0.6) is 0 Å². The van der Waals surface area contributed by atoms with E-state index in [0.717, 1.165) is 24.1 Å². The summed E-state index contributed by atoms with van der Waals surface area (Å²) in [7, 11) is 0. The summed E-state index contributed by atoms with van der Waals surface area (Å²) in [4.78, 5) is 3.00. The minimum atomic E-state index is 0.419. The van der Waals surface area contributed by atoms with E-state index in [1.165, 1.54) is 0 Å². The van der Waals surface area contributed by atoms with Gasteiger partial charge in [-0.3, -0.25) is 0 Å². The molecule has 15 heavy (non-hydrogen) atoms. The zero-order valence-corrected chi connectivity index (χ0v) is 8.12. The SMILES string of the molecule is N#Cc1c[nH]c(C2=CC=CCC2)c1C#N. The van der Waals surface area contributed by atoms with Crippen molar-refractivity contribution in [1.82, 2.24) is 4.98 Å². The lowest BCUT2D eigenvalue weighted by Crippen LogP contribution is -1.91. The smallest absolute Gasteiger partial charge is 0.103 e. The minimum absolute atomic E-state index is 0.419. The number of nitriles is 2. The summed E-state index contributed by atoms with van der Waals surface area (Å²) in [6, 6.07) is 4.08. The van der Waals surface area contributed by atoms with E-state index in [2.05, 4.69) is 17.1 Å². The topological polar surface area (TPSA) is 63.4 Å². The zero-order valence-electron chi connectivity index (χ0n) is 8.12. The first-order valence-corrected chi connectivity index (χ1v) is 4.74. The Hall–Kier alpha value is -2.26. The maximum absolute atomic E-state index is 8.98. The Kier molecular flexibility index (Phi) is 2.39. The number of hydrogen-bond acceptors (Lipinski definition) is 2. The van der Waals surface area contributed by atoms with Crippen LogP contribution in [0.15, 0.2) is 24.4 Å². The van der Waals surface area contributed by atoms with Gasteiger partial charge in [-0.25, -0.2) is 0 Å². The maximum Gasteiger partial charge on any atom is 0.103 e. The van der Waals surface area contributed by atoms with E-state index in [1.807, 2.05) is 18.2 Å². The summed E-state index contributed by atoms with van der Waals surface area (Å²) >= 11 is 0. The first kappa shape index (κ1) is 9.30. The standard InChI is InChI=1S/C12H9N3/c13-6-10-8-15-12(11(10)7-14)9-4-2-1-3-5-9/h1-2,4,8,15H,3,5H2. The Labute approximate surface area is 88.0 Å². The van der Waals surface area contributed by atoms with Gasteiger partial charge in [0.15, 0.2) is 0 Å². The van der Waals surface area contributed by atoms with Gasteiger partial charge >= 0.3 is 0 Å². The summed E-state index contributed by atoms with van der Waals surface area (Å²) in [5.74, 6) is 0. The summed E-state index contributed by atoms with van der Waals surface area (Å²) in [5.41, 5.74) is 2.76. The Morgan fingerprint density at radius 1 is 1.27 bits per heavy atom. The predicted molar refractivity (Wildman–Crippen MR) is 56.6 cm³/mol. The van der Waals surface area contributed by atoms with Gasteiger partial charge in [0.2, 0.25) is 0 Å². The van der Waals surface area contributed by atoms with Crippen LogP contribution in [0, 0.1) is 22.7 Å². The lowest BCUT2D eigenvalue weighted by Gasteiger charge is -2.07. The van der Waals surface area contributed by atoms with Gasteiger partial charge in [-0.15, -0.1) is 0 Å². The number of H-pyrrole nitrogens is 1. The van der Waals surface area contributed by atoms with E-state index in [9.17, 15) is 0 Å². The number of allylic oxidation sites excluding steroid dienone is 4. The van der Waals surface area contributed by atoms with Crippen molar-refractivity contribution in [2.24, 2.45) is 0 Å². The molecule has 1 aromatic rings. The normalized spacial score (nSPS) is 14.1. The van der Waals surface area contributed by atoms with Crippen LogP contribution in [0.1, 0.15) is 29.7 Å². The Morgan fingerprint density at radius 3 is 2.73 bits per heavy atom. The fourth-order valence-corrected chi connectivity index (χ4v) is 1.69. The molecule has 1 aliphatic carbocycles. The first-order valence-electron chi connectivity index (χ1n) is 4.74. The second-order valence-electron chi connectivity index (χ2n) is 3.33. The third-order valence-corrected chi connectivity index (χ3v) is 2.45.